The zero-order valence-corrected chi connectivity index (χ0v) is 15.2. The van der Waals surface area contributed by atoms with Gasteiger partial charge < -0.3 is 5.32 Å². The quantitative estimate of drug-likeness (QED) is 0.813. The first-order valence-corrected chi connectivity index (χ1v) is 8.33. The Kier molecular flexibility index (Phi) is 8.17. The predicted octanol–water partition coefficient (Wildman–Crippen LogP) is 4.45. The fraction of sp³-hybridized carbons (Fsp3) is 0.625. The van der Waals surface area contributed by atoms with E-state index in [0.29, 0.717) is 0 Å². The Morgan fingerprint density at radius 2 is 2.00 bits per heavy atom. The Balaban J connectivity index is 0.00000220. The van der Waals surface area contributed by atoms with Gasteiger partial charge in [0, 0.05) is 42.3 Å². The molecule has 21 heavy (non-hydrogen) atoms. The molecule has 1 aromatic rings. The third kappa shape index (κ3) is 4.92. The Bertz CT molecular complexity index is 450. The summed E-state index contributed by atoms with van der Waals surface area (Å²) in [7, 11) is 0. The van der Waals surface area contributed by atoms with E-state index in [1.165, 1.54) is 0 Å². The number of hydrogen-bond donors (Lipinski definition) is 1. The number of nitrogens with one attached hydrogen (secondary N) is 1. The van der Waals surface area contributed by atoms with Gasteiger partial charge >= 0.3 is 0 Å². The Labute approximate surface area is 142 Å². The van der Waals surface area contributed by atoms with Gasteiger partial charge in [-0.15, -0.1) is 12.4 Å². The minimum atomic E-state index is -0.0344. The third-order valence-corrected chi connectivity index (χ3v) is 4.49. The summed E-state index contributed by atoms with van der Waals surface area (Å²) in [4.78, 5) is 2.43. The lowest BCUT2D eigenvalue weighted by Gasteiger charge is -2.35. The van der Waals surface area contributed by atoms with Crippen molar-refractivity contribution in [1.29, 1.82) is 0 Å². The van der Waals surface area contributed by atoms with Crippen LogP contribution in [-0.4, -0.2) is 31.1 Å². The largest absolute Gasteiger partial charge is 0.314 e. The first kappa shape index (κ1) is 18.9. The van der Waals surface area contributed by atoms with Crippen molar-refractivity contribution >= 4 is 28.3 Å². The van der Waals surface area contributed by atoms with Crippen LogP contribution in [-0.2, 0) is 0 Å². The van der Waals surface area contributed by atoms with Gasteiger partial charge in [-0.3, -0.25) is 4.90 Å². The zero-order chi connectivity index (χ0) is 14.5. The van der Waals surface area contributed by atoms with Crippen LogP contribution in [0.3, 0.4) is 0 Å². The standard InChI is InChI=1S/C16H24BrFN2.ClH/c1-3-4-5-15(20-8-6-19-7-9-20)14-11-13(17)10-12(2)16(14)18;/h10-11,15,19H,3-9H2,1-2H3;1H/t15-;/m0./s1. The molecule has 1 atom stereocenters. The molecule has 0 saturated carbocycles. The van der Waals surface area contributed by atoms with E-state index in [4.69, 9.17) is 0 Å². The topological polar surface area (TPSA) is 15.3 Å². The van der Waals surface area contributed by atoms with Crippen LogP contribution in [0.25, 0.3) is 0 Å². The summed E-state index contributed by atoms with van der Waals surface area (Å²) in [5.74, 6) is -0.0344. The van der Waals surface area contributed by atoms with Crippen molar-refractivity contribution in [2.75, 3.05) is 26.2 Å². The van der Waals surface area contributed by atoms with Gasteiger partial charge in [0.25, 0.3) is 0 Å². The van der Waals surface area contributed by atoms with Crippen molar-refractivity contribution in [2.45, 2.75) is 39.2 Å². The highest BCUT2D eigenvalue weighted by molar-refractivity contribution is 9.10. The number of piperazine rings is 1. The normalized spacial score (nSPS) is 17.3. The lowest BCUT2D eigenvalue weighted by molar-refractivity contribution is 0.160. The van der Waals surface area contributed by atoms with Crippen LogP contribution in [0, 0.1) is 12.7 Å². The number of hydrogen-bond acceptors (Lipinski definition) is 2. The lowest BCUT2D eigenvalue weighted by atomic mass is 9.96. The molecule has 5 heteroatoms. The van der Waals surface area contributed by atoms with E-state index < -0.39 is 0 Å². The molecule has 0 amide bonds. The summed E-state index contributed by atoms with van der Waals surface area (Å²) in [6.07, 6.45) is 3.32. The average Bonchev–Trinajstić information content (AvgIpc) is 2.45. The monoisotopic (exact) mass is 378 g/mol. The fourth-order valence-electron chi connectivity index (χ4n) is 2.92. The molecule has 2 rings (SSSR count). The van der Waals surface area contributed by atoms with Crippen LogP contribution in [0.1, 0.15) is 43.4 Å². The van der Waals surface area contributed by atoms with Crippen molar-refractivity contribution < 1.29 is 4.39 Å². The average molecular weight is 380 g/mol. The second-order valence-electron chi connectivity index (χ2n) is 5.57. The second-order valence-corrected chi connectivity index (χ2v) is 6.49. The first-order chi connectivity index (χ1) is 9.63. The van der Waals surface area contributed by atoms with Crippen LogP contribution in [0.15, 0.2) is 16.6 Å². The molecule has 0 bridgehead atoms. The molecule has 0 radical (unpaired) electrons. The maximum atomic E-state index is 14.6. The molecular weight excluding hydrogens is 355 g/mol. The molecule has 1 N–H and O–H groups in total. The number of nitrogens with zero attached hydrogens (tertiary/aromatic N) is 1. The van der Waals surface area contributed by atoms with E-state index in [2.05, 4.69) is 33.1 Å². The van der Waals surface area contributed by atoms with Crippen molar-refractivity contribution in [3.05, 3.63) is 33.5 Å². The summed E-state index contributed by atoms with van der Waals surface area (Å²) in [6.45, 7) is 8.03. The second kappa shape index (κ2) is 9.09. The molecular formula is C16H25BrClFN2. The van der Waals surface area contributed by atoms with Gasteiger partial charge in [0.1, 0.15) is 5.82 Å². The fourth-order valence-corrected chi connectivity index (χ4v) is 3.51. The van der Waals surface area contributed by atoms with Crippen LogP contribution >= 0.6 is 28.3 Å². The van der Waals surface area contributed by atoms with Crippen LogP contribution in [0.4, 0.5) is 4.39 Å². The Morgan fingerprint density at radius 1 is 1.33 bits per heavy atom. The zero-order valence-electron chi connectivity index (χ0n) is 12.8. The predicted molar refractivity (Wildman–Crippen MR) is 92.8 cm³/mol. The van der Waals surface area contributed by atoms with E-state index >= 15 is 0 Å². The van der Waals surface area contributed by atoms with E-state index in [9.17, 15) is 4.39 Å². The molecule has 1 fully saturated rings. The number of halogens is 3. The van der Waals surface area contributed by atoms with Gasteiger partial charge in [-0.1, -0.05) is 35.7 Å². The van der Waals surface area contributed by atoms with Gasteiger partial charge in [0.05, 0.1) is 0 Å². The minimum absolute atomic E-state index is 0. The molecule has 2 nitrogen and oxygen atoms in total. The van der Waals surface area contributed by atoms with Crippen molar-refractivity contribution in [1.82, 2.24) is 10.2 Å². The van der Waals surface area contributed by atoms with E-state index in [0.717, 1.165) is 61.0 Å². The Hall–Kier alpha value is -0.160. The SMILES string of the molecule is CCCC[C@@H](c1cc(Br)cc(C)c1F)N1CCNCC1.Cl. The molecule has 0 spiro atoms. The lowest BCUT2D eigenvalue weighted by Crippen LogP contribution is -2.45. The van der Waals surface area contributed by atoms with Crippen LogP contribution in [0.2, 0.25) is 0 Å². The summed E-state index contributed by atoms with van der Waals surface area (Å²) in [6, 6.07) is 4.02. The molecule has 120 valence electrons. The number of unbranched alkanes of at least 4 members (excludes halogenated alkanes) is 1. The van der Waals surface area contributed by atoms with Gasteiger partial charge in [-0.05, 0) is 31.0 Å². The van der Waals surface area contributed by atoms with Gasteiger partial charge in [-0.25, -0.2) is 4.39 Å². The summed E-state index contributed by atoms with van der Waals surface area (Å²) < 4.78 is 15.5. The van der Waals surface area contributed by atoms with Crippen LogP contribution < -0.4 is 5.32 Å². The summed E-state index contributed by atoms with van der Waals surface area (Å²) >= 11 is 3.51. The smallest absolute Gasteiger partial charge is 0.130 e. The summed E-state index contributed by atoms with van der Waals surface area (Å²) in [5, 5.41) is 3.37. The number of aryl methyl sites for hydroxylation is 1. The highest BCUT2D eigenvalue weighted by Crippen LogP contribution is 2.32. The molecule has 1 aliphatic heterocycles. The highest BCUT2D eigenvalue weighted by atomic mass is 79.9. The highest BCUT2D eigenvalue weighted by Gasteiger charge is 2.25. The number of benzene rings is 1. The first-order valence-electron chi connectivity index (χ1n) is 7.53. The van der Waals surface area contributed by atoms with Gasteiger partial charge in [0.2, 0.25) is 0 Å². The number of rotatable bonds is 5. The van der Waals surface area contributed by atoms with Crippen molar-refractivity contribution in [3.63, 3.8) is 0 Å². The molecule has 0 aliphatic carbocycles. The van der Waals surface area contributed by atoms with Crippen molar-refractivity contribution in [2.24, 2.45) is 0 Å². The third-order valence-electron chi connectivity index (χ3n) is 4.03. The molecule has 1 aromatic carbocycles. The Morgan fingerprint density at radius 3 is 2.62 bits per heavy atom. The maximum Gasteiger partial charge on any atom is 0.130 e. The van der Waals surface area contributed by atoms with E-state index in [1.807, 2.05) is 19.1 Å². The van der Waals surface area contributed by atoms with E-state index in [-0.39, 0.29) is 24.3 Å². The van der Waals surface area contributed by atoms with E-state index in [1.54, 1.807) is 0 Å². The molecule has 1 aliphatic rings. The molecule has 0 aromatic heterocycles. The molecule has 1 heterocycles. The van der Waals surface area contributed by atoms with Gasteiger partial charge in [0.15, 0.2) is 0 Å². The van der Waals surface area contributed by atoms with Gasteiger partial charge in [-0.2, -0.15) is 0 Å². The maximum absolute atomic E-state index is 14.6. The summed E-state index contributed by atoms with van der Waals surface area (Å²) in [5.41, 5.74) is 1.58. The minimum Gasteiger partial charge on any atom is -0.314 e. The molecule has 1 saturated heterocycles. The van der Waals surface area contributed by atoms with Crippen molar-refractivity contribution in [3.8, 4) is 0 Å². The molecule has 0 unspecified atom stereocenters. The van der Waals surface area contributed by atoms with Crippen LogP contribution in [0.5, 0.6) is 0 Å².